The third-order valence-corrected chi connectivity index (χ3v) is 3.90. The normalized spacial score (nSPS) is 10.5. The molecule has 0 saturated carbocycles. The summed E-state index contributed by atoms with van der Waals surface area (Å²) >= 11 is 12.9. The van der Waals surface area contributed by atoms with Crippen molar-refractivity contribution in [2.75, 3.05) is 6.54 Å². The molecule has 0 heterocycles. The Balaban J connectivity index is 2.33. The minimum atomic E-state index is 0.569. The number of nitrogens with two attached hydrogens (primary N) is 1. The van der Waals surface area contributed by atoms with Crippen LogP contribution in [0.1, 0.15) is 5.56 Å². The molecular formula is C14H12Br2ClNO. The predicted octanol–water partition coefficient (Wildman–Crippen LogP) is 5.16. The smallest absolute Gasteiger partial charge is 0.141 e. The molecule has 0 spiro atoms. The monoisotopic (exact) mass is 403 g/mol. The zero-order valence-electron chi connectivity index (χ0n) is 10.00. The van der Waals surface area contributed by atoms with E-state index >= 15 is 0 Å². The van der Waals surface area contributed by atoms with Crippen molar-refractivity contribution in [1.29, 1.82) is 0 Å². The Kier molecular flexibility index (Phi) is 5.28. The van der Waals surface area contributed by atoms with E-state index in [-0.39, 0.29) is 0 Å². The molecule has 0 aliphatic carbocycles. The lowest BCUT2D eigenvalue weighted by atomic mass is 10.1. The maximum Gasteiger partial charge on any atom is 0.141 e. The first-order chi connectivity index (χ1) is 9.10. The predicted molar refractivity (Wildman–Crippen MR) is 86.1 cm³/mol. The van der Waals surface area contributed by atoms with Crippen molar-refractivity contribution in [2.24, 2.45) is 5.73 Å². The van der Waals surface area contributed by atoms with Crippen molar-refractivity contribution < 1.29 is 4.74 Å². The summed E-state index contributed by atoms with van der Waals surface area (Å²) in [6, 6.07) is 11.3. The molecule has 0 unspecified atom stereocenters. The Morgan fingerprint density at radius 2 is 1.84 bits per heavy atom. The van der Waals surface area contributed by atoms with Crippen LogP contribution in [0.3, 0.4) is 0 Å². The maximum atomic E-state index is 6.02. The number of halogens is 3. The molecule has 0 amide bonds. The molecule has 0 saturated heterocycles. The second-order valence-electron chi connectivity index (χ2n) is 3.97. The Labute approximate surface area is 134 Å². The fourth-order valence-corrected chi connectivity index (χ4v) is 2.95. The highest BCUT2D eigenvalue weighted by Crippen LogP contribution is 2.34. The van der Waals surface area contributed by atoms with Gasteiger partial charge in [-0.2, -0.15) is 0 Å². The minimum Gasteiger partial charge on any atom is -0.456 e. The van der Waals surface area contributed by atoms with E-state index in [0.29, 0.717) is 11.6 Å². The maximum absolute atomic E-state index is 6.02. The summed E-state index contributed by atoms with van der Waals surface area (Å²) in [5.74, 6) is 1.48. The molecule has 0 bridgehead atoms. The average Bonchev–Trinajstić information content (AvgIpc) is 2.36. The van der Waals surface area contributed by atoms with Crippen LogP contribution in [0.4, 0.5) is 0 Å². The van der Waals surface area contributed by atoms with Crippen LogP contribution in [0.5, 0.6) is 11.5 Å². The van der Waals surface area contributed by atoms with Crippen molar-refractivity contribution in [3.05, 3.63) is 55.9 Å². The van der Waals surface area contributed by atoms with Gasteiger partial charge in [0.2, 0.25) is 0 Å². The highest BCUT2D eigenvalue weighted by Gasteiger charge is 2.08. The fraction of sp³-hybridized carbons (Fsp3) is 0.143. The molecule has 2 nitrogen and oxygen atoms in total. The second kappa shape index (κ2) is 6.75. The van der Waals surface area contributed by atoms with Crippen LogP contribution in [-0.2, 0) is 6.42 Å². The van der Waals surface area contributed by atoms with Crippen LogP contribution in [0.25, 0.3) is 0 Å². The molecule has 2 aromatic rings. The van der Waals surface area contributed by atoms with Crippen LogP contribution in [0.2, 0.25) is 5.02 Å². The Hall–Kier alpha value is -0.550. The number of rotatable bonds is 4. The summed E-state index contributed by atoms with van der Waals surface area (Å²) in [4.78, 5) is 0. The summed E-state index contributed by atoms with van der Waals surface area (Å²) in [6.07, 6.45) is 0.751. The van der Waals surface area contributed by atoms with Gasteiger partial charge in [-0.1, -0.05) is 33.6 Å². The summed E-state index contributed by atoms with van der Waals surface area (Å²) in [5.41, 5.74) is 6.65. The average molecular weight is 406 g/mol. The van der Waals surface area contributed by atoms with E-state index in [1.807, 2.05) is 30.3 Å². The fourth-order valence-electron chi connectivity index (χ4n) is 1.66. The van der Waals surface area contributed by atoms with E-state index in [4.69, 9.17) is 22.1 Å². The van der Waals surface area contributed by atoms with E-state index in [2.05, 4.69) is 31.9 Å². The first kappa shape index (κ1) is 14.9. The second-order valence-corrected chi connectivity index (χ2v) is 6.17. The van der Waals surface area contributed by atoms with Crippen LogP contribution in [0.15, 0.2) is 45.3 Å². The molecule has 2 aromatic carbocycles. The molecule has 5 heteroatoms. The van der Waals surface area contributed by atoms with Crippen molar-refractivity contribution in [3.63, 3.8) is 0 Å². The molecule has 0 fully saturated rings. The third kappa shape index (κ3) is 3.96. The Bertz CT molecular complexity index is 590. The zero-order chi connectivity index (χ0) is 13.8. The van der Waals surface area contributed by atoms with E-state index in [1.54, 1.807) is 6.07 Å². The number of ether oxygens (including phenoxy) is 1. The largest absolute Gasteiger partial charge is 0.456 e. The number of hydrogen-bond donors (Lipinski definition) is 1. The van der Waals surface area contributed by atoms with Gasteiger partial charge in [-0.3, -0.25) is 0 Å². The van der Waals surface area contributed by atoms with Crippen molar-refractivity contribution in [2.45, 2.75) is 6.42 Å². The van der Waals surface area contributed by atoms with Crippen LogP contribution in [0, 0.1) is 0 Å². The van der Waals surface area contributed by atoms with Gasteiger partial charge < -0.3 is 10.5 Å². The van der Waals surface area contributed by atoms with Gasteiger partial charge in [0, 0.05) is 9.50 Å². The quantitative estimate of drug-likeness (QED) is 0.763. The topological polar surface area (TPSA) is 35.2 Å². The molecule has 0 radical (unpaired) electrons. The van der Waals surface area contributed by atoms with Crippen molar-refractivity contribution in [3.8, 4) is 11.5 Å². The SMILES string of the molecule is NCCc1ccc(Cl)cc1Oc1ccc(Br)cc1Br. The van der Waals surface area contributed by atoms with E-state index < -0.39 is 0 Å². The van der Waals surface area contributed by atoms with Crippen LogP contribution < -0.4 is 10.5 Å². The Morgan fingerprint density at radius 3 is 2.53 bits per heavy atom. The molecule has 19 heavy (non-hydrogen) atoms. The summed E-state index contributed by atoms with van der Waals surface area (Å²) in [7, 11) is 0. The molecule has 2 rings (SSSR count). The first-order valence-electron chi connectivity index (χ1n) is 5.71. The van der Waals surface area contributed by atoms with Gasteiger partial charge in [-0.05, 0) is 64.8 Å². The number of hydrogen-bond acceptors (Lipinski definition) is 2. The lowest BCUT2D eigenvalue weighted by Crippen LogP contribution is -2.04. The van der Waals surface area contributed by atoms with E-state index in [1.165, 1.54) is 0 Å². The Morgan fingerprint density at radius 1 is 1.05 bits per heavy atom. The standard InChI is InChI=1S/C14H12Br2ClNO/c15-10-2-4-13(12(16)7-10)19-14-8-11(17)3-1-9(14)5-6-18/h1-4,7-8H,5-6,18H2. The summed E-state index contributed by atoms with van der Waals surface area (Å²) in [6.45, 7) is 0.569. The number of benzene rings is 2. The first-order valence-corrected chi connectivity index (χ1v) is 7.68. The van der Waals surface area contributed by atoms with Crippen LogP contribution in [-0.4, -0.2) is 6.54 Å². The summed E-state index contributed by atoms with van der Waals surface area (Å²) < 4.78 is 7.78. The highest BCUT2D eigenvalue weighted by atomic mass is 79.9. The lowest BCUT2D eigenvalue weighted by molar-refractivity contribution is 0.473. The molecular weight excluding hydrogens is 393 g/mol. The van der Waals surface area contributed by atoms with Gasteiger partial charge in [-0.15, -0.1) is 0 Å². The van der Waals surface area contributed by atoms with Gasteiger partial charge in [0.15, 0.2) is 0 Å². The highest BCUT2D eigenvalue weighted by molar-refractivity contribution is 9.11. The molecule has 0 aromatic heterocycles. The minimum absolute atomic E-state index is 0.569. The van der Waals surface area contributed by atoms with Gasteiger partial charge in [0.25, 0.3) is 0 Å². The van der Waals surface area contributed by atoms with Gasteiger partial charge >= 0.3 is 0 Å². The van der Waals surface area contributed by atoms with Crippen molar-refractivity contribution in [1.82, 2.24) is 0 Å². The van der Waals surface area contributed by atoms with Gasteiger partial charge in [-0.25, -0.2) is 0 Å². The molecule has 2 N–H and O–H groups in total. The van der Waals surface area contributed by atoms with Crippen LogP contribution >= 0.6 is 43.5 Å². The molecule has 0 aliphatic heterocycles. The van der Waals surface area contributed by atoms with E-state index in [9.17, 15) is 0 Å². The summed E-state index contributed by atoms with van der Waals surface area (Å²) in [5, 5.41) is 0.643. The third-order valence-electron chi connectivity index (χ3n) is 2.56. The zero-order valence-corrected chi connectivity index (χ0v) is 13.9. The lowest BCUT2D eigenvalue weighted by Gasteiger charge is -2.12. The molecule has 100 valence electrons. The van der Waals surface area contributed by atoms with Gasteiger partial charge in [0.1, 0.15) is 11.5 Å². The molecule has 0 aliphatic rings. The molecule has 0 atom stereocenters. The van der Waals surface area contributed by atoms with Crippen molar-refractivity contribution >= 4 is 43.5 Å². The van der Waals surface area contributed by atoms with Gasteiger partial charge in [0.05, 0.1) is 4.47 Å². The van der Waals surface area contributed by atoms with E-state index in [0.717, 1.165) is 32.4 Å².